The van der Waals surface area contributed by atoms with Crippen LogP contribution in [0.25, 0.3) is 6.08 Å². The smallest absolute Gasteiger partial charge is 0.345 e. The van der Waals surface area contributed by atoms with E-state index in [4.69, 9.17) is 9.47 Å². The van der Waals surface area contributed by atoms with Crippen molar-refractivity contribution in [3.8, 4) is 0 Å². The van der Waals surface area contributed by atoms with Gasteiger partial charge in [-0.25, -0.2) is 9.59 Å². The predicted octanol–water partition coefficient (Wildman–Crippen LogP) is 6.27. The summed E-state index contributed by atoms with van der Waals surface area (Å²) in [6.07, 6.45) is 4.54. The lowest BCUT2D eigenvalue weighted by Gasteiger charge is -2.09. The van der Waals surface area contributed by atoms with Crippen LogP contribution >= 0.6 is 15.9 Å². The molecule has 1 atom stereocenters. The Kier molecular flexibility index (Phi) is 7.53. The number of carbonyl (C=O) groups is 2. The number of halogens is 1. The minimum atomic E-state index is -0.674. The van der Waals surface area contributed by atoms with Gasteiger partial charge in [0, 0.05) is 10.4 Å². The summed E-state index contributed by atoms with van der Waals surface area (Å²) in [5, 5.41) is 0. The number of hydrogen-bond donors (Lipinski definition) is 0. The van der Waals surface area contributed by atoms with Gasteiger partial charge in [0.15, 0.2) is 0 Å². The number of benzene rings is 3. The molecular weight excluding hydrogens is 480 g/mol. The third-order valence-corrected chi connectivity index (χ3v) is 5.76. The van der Waals surface area contributed by atoms with E-state index in [9.17, 15) is 9.59 Å². The van der Waals surface area contributed by atoms with Crippen molar-refractivity contribution in [1.29, 1.82) is 0 Å². The zero-order chi connectivity index (χ0) is 23.0. The number of hydrogen-bond acceptors (Lipinski definition) is 4. The quantitative estimate of drug-likeness (QED) is 0.158. The molecule has 1 saturated carbocycles. The van der Waals surface area contributed by atoms with Gasteiger partial charge < -0.3 is 9.47 Å². The average molecular weight is 503 g/mol. The lowest BCUT2D eigenvalue weighted by Crippen LogP contribution is -2.18. The van der Waals surface area contributed by atoms with Crippen LogP contribution in [0.3, 0.4) is 0 Å². The van der Waals surface area contributed by atoms with Crippen LogP contribution in [0.4, 0.5) is 0 Å². The highest BCUT2D eigenvalue weighted by Crippen LogP contribution is 2.41. The summed E-state index contributed by atoms with van der Waals surface area (Å²) >= 11 is 3.43. The fourth-order valence-corrected chi connectivity index (χ4v) is 3.59. The van der Waals surface area contributed by atoms with Crippen molar-refractivity contribution < 1.29 is 19.1 Å². The minimum absolute atomic E-state index is 0.0113. The van der Waals surface area contributed by atoms with E-state index in [0.29, 0.717) is 0 Å². The largest absolute Gasteiger partial charge is 0.457 e. The minimum Gasteiger partial charge on any atom is -0.457 e. The van der Waals surface area contributed by atoms with E-state index in [-0.39, 0.29) is 24.7 Å². The first-order valence-corrected chi connectivity index (χ1v) is 11.5. The third kappa shape index (κ3) is 6.77. The SMILES string of the molecule is O=C(OCc1ccccc1)C(=CC1C/C1=C\c1ccc(Br)cc1)C(=O)OCc1ccccc1. The van der Waals surface area contributed by atoms with Crippen LogP contribution in [-0.4, -0.2) is 11.9 Å². The van der Waals surface area contributed by atoms with Crippen molar-refractivity contribution in [2.75, 3.05) is 0 Å². The Balaban J connectivity index is 1.47. The molecule has 33 heavy (non-hydrogen) atoms. The molecule has 1 fully saturated rings. The summed E-state index contributed by atoms with van der Waals surface area (Å²) in [5.41, 5.74) is 3.87. The fraction of sp³-hybridized carbons (Fsp3) is 0.143. The first-order chi connectivity index (χ1) is 16.1. The summed E-state index contributed by atoms with van der Waals surface area (Å²) < 4.78 is 11.9. The standard InChI is InChI=1S/C28H23BrO4/c29-25-13-11-20(12-14-25)15-23-16-24(23)17-26(27(30)32-18-21-7-3-1-4-8-21)28(31)33-19-22-9-5-2-6-10-22/h1-15,17,24H,16,18-19H2/b23-15+. The molecule has 0 saturated heterocycles. The second-order valence-electron chi connectivity index (χ2n) is 7.79. The van der Waals surface area contributed by atoms with Crippen molar-refractivity contribution >= 4 is 33.9 Å². The fourth-order valence-electron chi connectivity index (χ4n) is 3.32. The molecule has 5 heteroatoms. The van der Waals surface area contributed by atoms with Crippen LogP contribution in [0.1, 0.15) is 23.1 Å². The normalized spacial score (nSPS) is 15.5. The molecule has 1 unspecified atom stereocenters. The second kappa shape index (κ2) is 10.9. The Morgan fingerprint density at radius 3 is 1.82 bits per heavy atom. The highest BCUT2D eigenvalue weighted by Gasteiger charge is 2.32. The van der Waals surface area contributed by atoms with E-state index >= 15 is 0 Å². The van der Waals surface area contributed by atoms with Gasteiger partial charge in [0.05, 0.1) is 0 Å². The van der Waals surface area contributed by atoms with E-state index in [1.165, 1.54) is 0 Å². The molecule has 0 radical (unpaired) electrons. The zero-order valence-corrected chi connectivity index (χ0v) is 19.5. The molecule has 0 bridgehead atoms. The van der Waals surface area contributed by atoms with Crippen molar-refractivity contribution in [3.05, 3.63) is 123 Å². The number of carbonyl (C=O) groups excluding carboxylic acids is 2. The molecule has 3 aromatic carbocycles. The lowest BCUT2D eigenvalue weighted by atomic mass is 10.1. The van der Waals surface area contributed by atoms with E-state index < -0.39 is 11.9 Å². The molecule has 3 aromatic rings. The Bertz CT molecular complexity index is 1110. The molecule has 4 rings (SSSR count). The average Bonchev–Trinajstić information content (AvgIpc) is 3.59. The monoisotopic (exact) mass is 502 g/mol. The van der Waals surface area contributed by atoms with Crippen LogP contribution in [-0.2, 0) is 32.3 Å². The van der Waals surface area contributed by atoms with Crippen LogP contribution in [0.5, 0.6) is 0 Å². The third-order valence-electron chi connectivity index (χ3n) is 5.23. The maximum absolute atomic E-state index is 12.8. The summed E-state index contributed by atoms with van der Waals surface area (Å²) in [7, 11) is 0. The van der Waals surface area contributed by atoms with Gasteiger partial charge in [0.1, 0.15) is 18.8 Å². The molecule has 0 heterocycles. The van der Waals surface area contributed by atoms with Gasteiger partial charge in [-0.15, -0.1) is 0 Å². The molecule has 0 aliphatic heterocycles. The van der Waals surface area contributed by atoms with Gasteiger partial charge in [-0.1, -0.05) is 106 Å². The molecule has 0 N–H and O–H groups in total. The number of rotatable bonds is 8. The molecule has 0 amide bonds. The van der Waals surface area contributed by atoms with Gasteiger partial charge in [-0.3, -0.25) is 0 Å². The molecule has 166 valence electrons. The van der Waals surface area contributed by atoms with Crippen LogP contribution in [0.2, 0.25) is 0 Å². The van der Waals surface area contributed by atoms with Crippen molar-refractivity contribution in [2.45, 2.75) is 19.6 Å². The zero-order valence-electron chi connectivity index (χ0n) is 17.9. The number of allylic oxidation sites excluding steroid dienone is 2. The highest BCUT2D eigenvalue weighted by atomic mass is 79.9. The summed E-state index contributed by atoms with van der Waals surface area (Å²) in [5.74, 6) is -1.34. The second-order valence-corrected chi connectivity index (χ2v) is 8.70. The predicted molar refractivity (Wildman–Crippen MR) is 131 cm³/mol. The lowest BCUT2D eigenvalue weighted by molar-refractivity contribution is -0.148. The van der Waals surface area contributed by atoms with E-state index in [1.807, 2.05) is 84.9 Å². The maximum Gasteiger partial charge on any atom is 0.345 e. The van der Waals surface area contributed by atoms with Crippen LogP contribution in [0.15, 0.2) is 107 Å². The van der Waals surface area contributed by atoms with E-state index in [0.717, 1.165) is 33.2 Å². The number of esters is 2. The topological polar surface area (TPSA) is 52.6 Å². The highest BCUT2D eigenvalue weighted by molar-refractivity contribution is 9.10. The first kappa shape index (κ1) is 22.7. The van der Waals surface area contributed by atoms with Crippen molar-refractivity contribution in [1.82, 2.24) is 0 Å². The van der Waals surface area contributed by atoms with Crippen molar-refractivity contribution in [3.63, 3.8) is 0 Å². The van der Waals surface area contributed by atoms with Gasteiger partial charge in [-0.2, -0.15) is 0 Å². The van der Waals surface area contributed by atoms with Gasteiger partial charge in [-0.05, 0) is 35.2 Å². The molecule has 4 nitrogen and oxygen atoms in total. The Morgan fingerprint density at radius 1 is 0.788 bits per heavy atom. The summed E-state index contributed by atoms with van der Waals surface area (Å²) in [4.78, 5) is 25.6. The van der Waals surface area contributed by atoms with Gasteiger partial charge in [0.2, 0.25) is 0 Å². The Labute approximate surface area is 201 Å². The first-order valence-electron chi connectivity index (χ1n) is 10.7. The van der Waals surface area contributed by atoms with Crippen molar-refractivity contribution in [2.24, 2.45) is 5.92 Å². The molecule has 1 aliphatic carbocycles. The molecule has 0 spiro atoms. The number of ether oxygens (including phenoxy) is 2. The maximum atomic E-state index is 12.8. The van der Waals surface area contributed by atoms with Gasteiger partial charge in [0.25, 0.3) is 0 Å². The van der Waals surface area contributed by atoms with Crippen LogP contribution in [0, 0.1) is 5.92 Å². The van der Waals surface area contributed by atoms with E-state index in [2.05, 4.69) is 22.0 Å². The molecular formula is C28H23BrO4. The van der Waals surface area contributed by atoms with E-state index in [1.54, 1.807) is 6.08 Å². The van der Waals surface area contributed by atoms with Crippen LogP contribution < -0.4 is 0 Å². The molecule has 0 aromatic heterocycles. The molecule has 1 aliphatic rings. The Morgan fingerprint density at radius 2 is 1.30 bits per heavy atom. The Hall–Kier alpha value is -3.44. The summed E-state index contributed by atoms with van der Waals surface area (Å²) in [6, 6.07) is 26.7. The van der Waals surface area contributed by atoms with Gasteiger partial charge >= 0.3 is 11.9 Å². The summed E-state index contributed by atoms with van der Waals surface area (Å²) in [6.45, 7) is 0.185.